The molecule has 4 heteroatoms. The van der Waals surface area contributed by atoms with Crippen molar-refractivity contribution < 1.29 is 13.2 Å². The monoisotopic (exact) mass is 151 g/mol. The van der Waals surface area contributed by atoms with Crippen LogP contribution in [0.3, 0.4) is 0 Å². The molecule has 10 heavy (non-hydrogen) atoms. The number of piperidine rings is 1. The molecule has 1 N–H and O–H groups in total. The van der Waals surface area contributed by atoms with Gasteiger partial charge in [0.15, 0.2) is 0 Å². The van der Waals surface area contributed by atoms with E-state index in [1.54, 1.807) is 0 Å². The first-order valence-electron chi connectivity index (χ1n) is 3.38. The standard InChI is InChI=1S/C6H8F3N/c7-6(8,9)5-3-1-10-2-4(3)5/h3-5,10H,1-2H2. The largest absolute Gasteiger partial charge is 0.392 e. The Hall–Kier alpha value is -0.250. The van der Waals surface area contributed by atoms with Gasteiger partial charge in [-0.2, -0.15) is 13.2 Å². The van der Waals surface area contributed by atoms with E-state index < -0.39 is 12.1 Å². The summed E-state index contributed by atoms with van der Waals surface area (Å²) in [5.74, 6) is -1.17. The molecule has 0 bridgehead atoms. The Bertz CT molecular complexity index is 144. The normalized spacial score (nSPS) is 45.3. The predicted octanol–water partition coefficient (Wildman–Crippen LogP) is 1.01. The van der Waals surface area contributed by atoms with Crippen LogP contribution in [0.1, 0.15) is 0 Å². The van der Waals surface area contributed by atoms with Crippen molar-refractivity contribution in [1.29, 1.82) is 0 Å². The highest BCUT2D eigenvalue weighted by molar-refractivity contribution is 5.06. The fourth-order valence-corrected chi connectivity index (χ4v) is 1.90. The molecule has 1 aliphatic carbocycles. The number of alkyl halides is 3. The Kier molecular flexibility index (Phi) is 1.08. The Balaban J connectivity index is 2.01. The minimum absolute atomic E-state index is 0.0972. The lowest BCUT2D eigenvalue weighted by atomic mass is 10.3. The van der Waals surface area contributed by atoms with Crippen molar-refractivity contribution >= 4 is 0 Å². The molecule has 1 nitrogen and oxygen atoms in total. The van der Waals surface area contributed by atoms with Gasteiger partial charge in [0.2, 0.25) is 0 Å². The maximum Gasteiger partial charge on any atom is 0.392 e. The van der Waals surface area contributed by atoms with Crippen molar-refractivity contribution in [2.45, 2.75) is 6.18 Å². The summed E-state index contributed by atoms with van der Waals surface area (Å²) in [4.78, 5) is 0. The van der Waals surface area contributed by atoms with Crippen molar-refractivity contribution in [3.63, 3.8) is 0 Å². The molecule has 2 fully saturated rings. The van der Waals surface area contributed by atoms with Crippen LogP contribution < -0.4 is 5.32 Å². The van der Waals surface area contributed by atoms with Crippen LogP contribution in [0.2, 0.25) is 0 Å². The molecule has 1 saturated carbocycles. The van der Waals surface area contributed by atoms with Crippen molar-refractivity contribution in [1.82, 2.24) is 5.32 Å². The molecule has 2 rings (SSSR count). The topological polar surface area (TPSA) is 12.0 Å². The molecule has 0 amide bonds. The minimum Gasteiger partial charge on any atom is -0.316 e. The quantitative estimate of drug-likeness (QED) is 0.545. The summed E-state index contributed by atoms with van der Waals surface area (Å²) < 4.78 is 35.8. The van der Waals surface area contributed by atoms with Crippen molar-refractivity contribution in [2.24, 2.45) is 17.8 Å². The average Bonchev–Trinajstić information content (AvgIpc) is 2.30. The second-order valence-corrected chi connectivity index (χ2v) is 3.05. The number of rotatable bonds is 0. The van der Waals surface area contributed by atoms with E-state index in [0.29, 0.717) is 13.1 Å². The zero-order valence-electron chi connectivity index (χ0n) is 5.28. The van der Waals surface area contributed by atoms with E-state index in [1.807, 2.05) is 0 Å². The molecule has 0 aromatic carbocycles. The van der Waals surface area contributed by atoms with Gasteiger partial charge < -0.3 is 5.32 Å². The molecule has 1 aliphatic heterocycles. The van der Waals surface area contributed by atoms with Gasteiger partial charge in [-0.15, -0.1) is 0 Å². The highest BCUT2D eigenvalue weighted by Crippen LogP contribution is 2.56. The number of hydrogen-bond acceptors (Lipinski definition) is 1. The molecule has 1 heterocycles. The van der Waals surface area contributed by atoms with E-state index in [9.17, 15) is 13.2 Å². The van der Waals surface area contributed by atoms with E-state index >= 15 is 0 Å². The molecule has 0 radical (unpaired) electrons. The van der Waals surface area contributed by atoms with Crippen LogP contribution in [0.25, 0.3) is 0 Å². The van der Waals surface area contributed by atoms with Gasteiger partial charge in [-0.25, -0.2) is 0 Å². The number of nitrogens with one attached hydrogen (secondary N) is 1. The summed E-state index contributed by atoms with van der Waals surface area (Å²) in [6.45, 7) is 1.13. The van der Waals surface area contributed by atoms with E-state index in [1.165, 1.54) is 0 Å². The SMILES string of the molecule is FC(F)(F)C1C2CNCC21. The maximum absolute atomic E-state index is 11.9. The minimum atomic E-state index is -3.93. The van der Waals surface area contributed by atoms with Gasteiger partial charge in [0.25, 0.3) is 0 Å². The van der Waals surface area contributed by atoms with Gasteiger partial charge in [-0.3, -0.25) is 0 Å². The zero-order chi connectivity index (χ0) is 7.35. The third-order valence-electron chi connectivity index (χ3n) is 2.47. The van der Waals surface area contributed by atoms with Crippen LogP contribution in [0.15, 0.2) is 0 Å². The fraction of sp³-hybridized carbons (Fsp3) is 1.00. The Morgan fingerprint density at radius 2 is 1.60 bits per heavy atom. The molecule has 58 valence electrons. The van der Waals surface area contributed by atoms with Crippen molar-refractivity contribution in [3.8, 4) is 0 Å². The van der Waals surface area contributed by atoms with Crippen LogP contribution in [0, 0.1) is 17.8 Å². The lowest BCUT2D eigenvalue weighted by Crippen LogP contribution is -2.23. The zero-order valence-corrected chi connectivity index (χ0v) is 5.28. The lowest BCUT2D eigenvalue weighted by molar-refractivity contribution is -0.154. The van der Waals surface area contributed by atoms with Crippen molar-refractivity contribution in [3.05, 3.63) is 0 Å². The van der Waals surface area contributed by atoms with Crippen LogP contribution in [-0.4, -0.2) is 19.3 Å². The Morgan fingerprint density at radius 3 is 1.90 bits per heavy atom. The van der Waals surface area contributed by atoms with Crippen LogP contribution in [0.5, 0.6) is 0 Å². The highest BCUT2D eigenvalue weighted by Gasteiger charge is 2.65. The van der Waals surface area contributed by atoms with Gasteiger partial charge in [-0.1, -0.05) is 0 Å². The summed E-state index contributed by atoms with van der Waals surface area (Å²) in [5.41, 5.74) is 0. The van der Waals surface area contributed by atoms with E-state index in [2.05, 4.69) is 5.32 Å². The molecule has 2 atom stereocenters. The first-order chi connectivity index (χ1) is 4.61. The van der Waals surface area contributed by atoms with E-state index in [-0.39, 0.29) is 11.8 Å². The number of halogens is 3. The first-order valence-corrected chi connectivity index (χ1v) is 3.38. The maximum atomic E-state index is 11.9. The van der Waals surface area contributed by atoms with Gasteiger partial charge in [0.05, 0.1) is 5.92 Å². The van der Waals surface area contributed by atoms with Gasteiger partial charge >= 0.3 is 6.18 Å². The molecule has 2 unspecified atom stereocenters. The first kappa shape index (κ1) is 6.46. The molecular formula is C6H8F3N. The van der Waals surface area contributed by atoms with E-state index in [4.69, 9.17) is 0 Å². The Morgan fingerprint density at radius 1 is 1.10 bits per heavy atom. The van der Waals surface area contributed by atoms with Crippen molar-refractivity contribution in [2.75, 3.05) is 13.1 Å². The molecular weight excluding hydrogens is 143 g/mol. The molecule has 1 saturated heterocycles. The van der Waals surface area contributed by atoms with Gasteiger partial charge in [0.1, 0.15) is 0 Å². The summed E-state index contributed by atoms with van der Waals surface area (Å²) in [7, 11) is 0. The van der Waals surface area contributed by atoms with Crippen LogP contribution in [0.4, 0.5) is 13.2 Å². The van der Waals surface area contributed by atoms with Gasteiger partial charge in [0, 0.05) is 0 Å². The second kappa shape index (κ2) is 1.67. The molecule has 2 aliphatic rings. The third-order valence-corrected chi connectivity index (χ3v) is 2.47. The Labute approximate surface area is 56.6 Å². The third kappa shape index (κ3) is 0.746. The van der Waals surface area contributed by atoms with Crippen LogP contribution >= 0.6 is 0 Å². The predicted molar refractivity (Wildman–Crippen MR) is 29.4 cm³/mol. The molecule has 0 aromatic heterocycles. The number of fused-ring (bicyclic) bond motifs is 1. The molecule has 0 aromatic rings. The smallest absolute Gasteiger partial charge is 0.316 e. The summed E-state index contributed by atoms with van der Waals surface area (Å²) in [6, 6.07) is 0. The highest BCUT2D eigenvalue weighted by atomic mass is 19.4. The average molecular weight is 151 g/mol. The van der Waals surface area contributed by atoms with Gasteiger partial charge in [-0.05, 0) is 24.9 Å². The van der Waals surface area contributed by atoms with Crippen LogP contribution in [-0.2, 0) is 0 Å². The van der Waals surface area contributed by atoms with E-state index in [0.717, 1.165) is 0 Å². The summed E-state index contributed by atoms with van der Waals surface area (Å²) >= 11 is 0. The lowest BCUT2D eigenvalue weighted by Gasteiger charge is -2.07. The summed E-state index contributed by atoms with van der Waals surface area (Å²) in [6.07, 6.45) is -3.93. The number of hydrogen-bond donors (Lipinski definition) is 1. The fourth-order valence-electron chi connectivity index (χ4n) is 1.90. The summed E-state index contributed by atoms with van der Waals surface area (Å²) in [5, 5.41) is 2.92. The second-order valence-electron chi connectivity index (χ2n) is 3.05. The molecule has 0 spiro atoms.